The topological polar surface area (TPSA) is 84.3 Å². The summed E-state index contributed by atoms with van der Waals surface area (Å²) in [5.41, 5.74) is 1.07. The minimum Gasteiger partial charge on any atom is -0.356 e. The van der Waals surface area contributed by atoms with Crippen LogP contribution < -0.4 is 10.6 Å². The molecule has 1 saturated heterocycles. The van der Waals surface area contributed by atoms with Gasteiger partial charge in [0, 0.05) is 24.6 Å². The summed E-state index contributed by atoms with van der Waals surface area (Å²) >= 11 is 0. The molecule has 1 unspecified atom stereocenters. The number of amides is 1. The molecular formula is C14H19N3O3. The Balaban J connectivity index is 1.74. The van der Waals surface area contributed by atoms with Crippen LogP contribution in [0.5, 0.6) is 0 Å². The number of hydrogen-bond donors (Lipinski definition) is 2. The van der Waals surface area contributed by atoms with Crippen molar-refractivity contribution in [1.29, 1.82) is 0 Å². The van der Waals surface area contributed by atoms with Crippen LogP contribution in [0.1, 0.15) is 12.5 Å². The molecule has 108 valence electrons. The number of nitrogens with zero attached hydrogens (tertiary/aromatic N) is 1. The van der Waals surface area contributed by atoms with Crippen LogP contribution in [0.2, 0.25) is 0 Å². The zero-order valence-electron chi connectivity index (χ0n) is 11.5. The predicted molar refractivity (Wildman–Crippen MR) is 75.3 cm³/mol. The second-order valence-electron chi connectivity index (χ2n) is 5.17. The molecular weight excluding hydrogens is 258 g/mol. The second kappa shape index (κ2) is 6.47. The largest absolute Gasteiger partial charge is 0.356 e. The maximum Gasteiger partial charge on any atom is 0.269 e. The van der Waals surface area contributed by atoms with Crippen molar-refractivity contribution < 1.29 is 9.72 Å². The number of rotatable bonds is 6. The summed E-state index contributed by atoms with van der Waals surface area (Å²) in [5.74, 6) is 0.556. The maximum atomic E-state index is 11.9. The fourth-order valence-electron chi connectivity index (χ4n) is 2.15. The van der Waals surface area contributed by atoms with Gasteiger partial charge in [0.05, 0.1) is 4.92 Å². The molecule has 1 aromatic carbocycles. The van der Waals surface area contributed by atoms with Gasteiger partial charge in [-0.2, -0.15) is 0 Å². The van der Waals surface area contributed by atoms with Gasteiger partial charge in [0.15, 0.2) is 0 Å². The maximum absolute atomic E-state index is 11.9. The molecule has 20 heavy (non-hydrogen) atoms. The zero-order chi connectivity index (χ0) is 14.5. The van der Waals surface area contributed by atoms with Gasteiger partial charge in [-0.3, -0.25) is 14.9 Å². The molecule has 1 amide bonds. The number of carbonyl (C=O) groups is 1. The summed E-state index contributed by atoms with van der Waals surface area (Å²) in [7, 11) is 0. The number of nitro benzene ring substituents is 1. The van der Waals surface area contributed by atoms with E-state index in [0.29, 0.717) is 18.9 Å². The van der Waals surface area contributed by atoms with E-state index in [1.54, 1.807) is 12.1 Å². The summed E-state index contributed by atoms with van der Waals surface area (Å²) in [4.78, 5) is 22.0. The third-order valence-corrected chi connectivity index (χ3v) is 3.79. The first-order chi connectivity index (χ1) is 9.58. The van der Waals surface area contributed by atoms with Gasteiger partial charge in [-0.25, -0.2) is 0 Å². The van der Waals surface area contributed by atoms with E-state index in [4.69, 9.17) is 0 Å². The fraction of sp³-hybridized carbons (Fsp3) is 0.500. The standard InChI is InChI=1S/C14H19N3O3/c1-10(12-8-15-9-12)14(18)16-7-6-11-2-4-13(5-3-11)17(19)20/h2-5,10,12,15H,6-9H2,1H3,(H,16,18). The van der Waals surface area contributed by atoms with Crippen molar-refractivity contribution >= 4 is 11.6 Å². The van der Waals surface area contributed by atoms with Crippen molar-refractivity contribution in [3.8, 4) is 0 Å². The molecule has 1 aliphatic rings. The predicted octanol–water partition coefficient (Wildman–Crippen LogP) is 1.11. The van der Waals surface area contributed by atoms with E-state index in [9.17, 15) is 14.9 Å². The molecule has 0 bridgehead atoms. The summed E-state index contributed by atoms with van der Waals surface area (Å²) in [6, 6.07) is 6.42. The second-order valence-corrected chi connectivity index (χ2v) is 5.17. The Bertz CT molecular complexity index is 483. The third kappa shape index (κ3) is 3.54. The van der Waals surface area contributed by atoms with Crippen molar-refractivity contribution in [3.63, 3.8) is 0 Å². The molecule has 6 nitrogen and oxygen atoms in total. The molecule has 0 saturated carbocycles. The van der Waals surface area contributed by atoms with Crippen molar-refractivity contribution in [1.82, 2.24) is 10.6 Å². The van der Waals surface area contributed by atoms with E-state index in [2.05, 4.69) is 10.6 Å². The first kappa shape index (κ1) is 14.5. The van der Waals surface area contributed by atoms with Crippen LogP contribution in [0.25, 0.3) is 0 Å². The van der Waals surface area contributed by atoms with Crippen LogP contribution in [-0.4, -0.2) is 30.5 Å². The average molecular weight is 277 g/mol. The number of benzene rings is 1. The monoisotopic (exact) mass is 277 g/mol. The molecule has 1 aromatic rings. The van der Waals surface area contributed by atoms with Crippen molar-refractivity contribution in [3.05, 3.63) is 39.9 Å². The molecule has 0 radical (unpaired) electrons. The van der Waals surface area contributed by atoms with Gasteiger partial charge in [-0.15, -0.1) is 0 Å². The Morgan fingerprint density at radius 1 is 1.45 bits per heavy atom. The molecule has 2 N–H and O–H groups in total. The minimum atomic E-state index is -0.417. The quantitative estimate of drug-likeness (QED) is 0.602. The Hall–Kier alpha value is -1.95. The lowest BCUT2D eigenvalue weighted by Gasteiger charge is -2.31. The van der Waals surface area contributed by atoms with E-state index in [-0.39, 0.29) is 17.5 Å². The van der Waals surface area contributed by atoms with Gasteiger partial charge in [-0.1, -0.05) is 19.1 Å². The highest BCUT2D eigenvalue weighted by Gasteiger charge is 2.28. The zero-order valence-corrected chi connectivity index (χ0v) is 11.5. The molecule has 1 fully saturated rings. The number of non-ortho nitro benzene ring substituents is 1. The van der Waals surface area contributed by atoms with E-state index in [0.717, 1.165) is 18.7 Å². The molecule has 1 aliphatic heterocycles. The lowest BCUT2D eigenvalue weighted by Crippen LogP contribution is -2.49. The molecule has 2 rings (SSSR count). The van der Waals surface area contributed by atoms with E-state index < -0.39 is 4.92 Å². The molecule has 0 aliphatic carbocycles. The number of nitro groups is 1. The van der Waals surface area contributed by atoms with Gasteiger partial charge >= 0.3 is 0 Å². The molecule has 0 spiro atoms. The first-order valence-corrected chi connectivity index (χ1v) is 6.79. The highest BCUT2D eigenvalue weighted by atomic mass is 16.6. The Morgan fingerprint density at radius 3 is 2.60 bits per heavy atom. The molecule has 1 atom stereocenters. The van der Waals surface area contributed by atoms with E-state index in [1.165, 1.54) is 12.1 Å². The Morgan fingerprint density at radius 2 is 2.10 bits per heavy atom. The molecule has 0 aromatic heterocycles. The SMILES string of the molecule is CC(C(=O)NCCc1ccc([N+](=O)[O-])cc1)C1CNC1. The van der Waals surface area contributed by atoms with Crippen LogP contribution in [0.15, 0.2) is 24.3 Å². The van der Waals surface area contributed by atoms with Gasteiger partial charge in [0.2, 0.25) is 5.91 Å². The molecule has 6 heteroatoms. The normalized spacial score (nSPS) is 16.2. The van der Waals surface area contributed by atoms with Crippen LogP contribution in [0.4, 0.5) is 5.69 Å². The summed E-state index contributed by atoms with van der Waals surface area (Å²) in [5, 5.41) is 16.6. The highest BCUT2D eigenvalue weighted by Crippen LogP contribution is 2.16. The minimum absolute atomic E-state index is 0.0353. The van der Waals surface area contributed by atoms with Gasteiger partial charge in [0.1, 0.15) is 0 Å². The summed E-state index contributed by atoms with van der Waals surface area (Å²) < 4.78 is 0. The lowest BCUT2D eigenvalue weighted by molar-refractivity contribution is -0.384. The van der Waals surface area contributed by atoms with Crippen molar-refractivity contribution in [2.24, 2.45) is 11.8 Å². The Labute approximate surface area is 117 Å². The first-order valence-electron chi connectivity index (χ1n) is 6.79. The third-order valence-electron chi connectivity index (χ3n) is 3.79. The van der Waals surface area contributed by atoms with Gasteiger partial charge < -0.3 is 10.6 Å². The smallest absolute Gasteiger partial charge is 0.269 e. The van der Waals surface area contributed by atoms with Gasteiger partial charge in [0.25, 0.3) is 5.69 Å². The number of nitrogens with one attached hydrogen (secondary N) is 2. The molecule has 1 heterocycles. The Kier molecular flexibility index (Phi) is 4.68. The van der Waals surface area contributed by atoms with Crippen LogP contribution in [0.3, 0.4) is 0 Å². The summed E-state index contributed by atoms with van der Waals surface area (Å²) in [6.45, 7) is 4.34. The fourth-order valence-corrected chi connectivity index (χ4v) is 2.15. The van der Waals surface area contributed by atoms with Crippen LogP contribution >= 0.6 is 0 Å². The van der Waals surface area contributed by atoms with Crippen LogP contribution in [0, 0.1) is 22.0 Å². The van der Waals surface area contributed by atoms with Crippen molar-refractivity contribution in [2.45, 2.75) is 13.3 Å². The van der Waals surface area contributed by atoms with Gasteiger partial charge in [-0.05, 0) is 31.0 Å². The van der Waals surface area contributed by atoms with Crippen molar-refractivity contribution in [2.75, 3.05) is 19.6 Å². The lowest BCUT2D eigenvalue weighted by atomic mass is 9.88. The summed E-state index contributed by atoms with van der Waals surface area (Å²) in [6.07, 6.45) is 0.680. The van der Waals surface area contributed by atoms with Crippen LogP contribution in [-0.2, 0) is 11.2 Å². The number of carbonyl (C=O) groups excluding carboxylic acids is 1. The highest BCUT2D eigenvalue weighted by molar-refractivity contribution is 5.78. The van der Waals surface area contributed by atoms with E-state index >= 15 is 0 Å². The number of hydrogen-bond acceptors (Lipinski definition) is 4. The van der Waals surface area contributed by atoms with E-state index in [1.807, 2.05) is 6.92 Å². The average Bonchev–Trinajstić information content (AvgIpc) is 2.37.